The Morgan fingerprint density at radius 2 is 1.57 bits per heavy atom. The van der Waals surface area contributed by atoms with Gasteiger partial charge in [-0.25, -0.2) is 8.42 Å². The molecular formula is C17H16ClNO3S. The molecule has 3 rings (SSSR count). The first-order valence-electron chi connectivity index (χ1n) is 7.29. The molecule has 2 aromatic carbocycles. The van der Waals surface area contributed by atoms with Crippen LogP contribution < -0.4 is 0 Å². The Morgan fingerprint density at radius 3 is 2.17 bits per heavy atom. The molecule has 6 heteroatoms. The summed E-state index contributed by atoms with van der Waals surface area (Å²) < 4.78 is 24.7. The van der Waals surface area contributed by atoms with Gasteiger partial charge in [0.05, 0.1) is 15.7 Å². The van der Waals surface area contributed by atoms with E-state index in [1.165, 1.54) is 12.1 Å². The van der Waals surface area contributed by atoms with E-state index in [4.69, 9.17) is 11.6 Å². The van der Waals surface area contributed by atoms with Gasteiger partial charge in [-0.3, -0.25) is 4.79 Å². The number of carbonyl (C=O) groups is 1. The molecule has 23 heavy (non-hydrogen) atoms. The number of nitrogens with zero attached hydrogens (tertiary/aromatic N) is 1. The number of fused-ring (bicyclic) bond motifs is 1. The summed E-state index contributed by atoms with van der Waals surface area (Å²) in [6.45, 7) is 1.09. The van der Waals surface area contributed by atoms with Gasteiger partial charge >= 0.3 is 0 Å². The molecule has 1 heterocycles. The Morgan fingerprint density at radius 1 is 1.00 bits per heavy atom. The molecule has 0 aliphatic carbocycles. The van der Waals surface area contributed by atoms with Gasteiger partial charge in [-0.1, -0.05) is 48.0 Å². The second kappa shape index (κ2) is 6.34. The maximum absolute atomic E-state index is 12.3. The van der Waals surface area contributed by atoms with Crippen LogP contribution in [0.2, 0.25) is 5.02 Å². The first kappa shape index (κ1) is 16.0. The van der Waals surface area contributed by atoms with Crippen molar-refractivity contribution in [3.63, 3.8) is 0 Å². The predicted octanol–water partition coefficient (Wildman–Crippen LogP) is 3.05. The molecule has 1 amide bonds. The Hall–Kier alpha value is -1.85. The predicted molar refractivity (Wildman–Crippen MR) is 88.8 cm³/mol. The van der Waals surface area contributed by atoms with Crippen molar-refractivity contribution in [2.75, 3.05) is 5.75 Å². The van der Waals surface area contributed by atoms with Gasteiger partial charge in [0.2, 0.25) is 5.91 Å². The average molecular weight is 350 g/mol. The molecule has 0 bridgehead atoms. The second-order valence-electron chi connectivity index (χ2n) is 5.52. The molecular weight excluding hydrogens is 334 g/mol. The van der Waals surface area contributed by atoms with Crippen LogP contribution in [0.1, 0.15) is 17.5 Å². The number of hydrogen-bond acceptors (Lipinski definition) is 3. The molecule has 0 saturated carbocycles. The topological polar surface area (TPSA) is 54.5 Å². The van der Waals surface area contributed by atoms with Crippen LogP contribution in [0.15, 0.2) is 53.4 Å². The van der Waals surface area contributed by atoms with Crippen LogP contribution in [0.4, 0.5) is 0 Å². The third-order valence-electron chi connectivity index (χ3n) is 3.95. The summed E-state index contributed by atoms with van der Waals surface area (Å²) in [5.41, 5.74) is 2.24. The fraction of sp³-hybridized carbons (Fsp3) is 0.235. The summed E-state index contributed by atoms with van der Waals surface area (Å²) in [4.78, 5) is 14.1. The standard InChI is InChI=1S/C17H16ClNO3S/c18-15-7-3-4-8-16(15)23(21,22)10-9-17(20)19-11-13-5-1-2-6-14(13)12-19/h1-8H,9-12H2. The van der Waals surface area contributed by atoms with Crippen molar-refractivity contribution >= 4 is 27.3 Å². The lowest BCUT2D eigenvalue weighted by atomic mass is 10.1. The van der Waals surface area contributed by atoms with Crippen LogP contribution in [0.5, 0.6) is 0 Å². The minimum Gasteiger partial charge on any atom is -0.334 e. The van der Waals surface area contributed by atoms with Gasteiger partial charge in [0.25, 0.3) is 0 Å². The fourth-order valence-electron chi connectivity index (χ4n) is 2.70. The Bertz CT molecular complexity index is 823. The van der Waals surface area contributed by atoms with E-state index in [2.05, 4.69) is 0 Å². The lowest BCUT2D eigenvalue weighted by Gasteiger charge is -2.15. The van der Waals surface area contributed by atoms with Crippen LogP contribution in [-0.4, -0.2) is 25.0 Å². The van der Waals surface area contributed by atoms with Gasteiger partial charge in [-0.15, -0.1) is 0 Å². The number of amides is 1. The van der Waals surface area contributed by atoms with E-state index in [0.717, 1.165) is 11.1 Å². The number of halogens is 1. The van der Waals surface area contributed by atoms with E-state index >= 15 is 0 Å². The van der Waals surface area contributed by atoms with Crippen LogP contribution >= 0.6 is 11.6 Å². The van der Waals surface area contributed by atoms with E-state index in [0.29, 0.717) is 13.1 Å². The third-order valence-corrected chi connectivity index (χ3v) is 6.16. The quantitative estimate of drug-likeness (QED) is 0.852. The van der Waals surface area contributed by atoms with Crippen molar-refractivity contribution in [2.45, 2.75) is 24.4 Å². The second-order valence-corrected chi connectivity index (χ2v) is 8.00. The highest BCUT2D eigenvalue weighted by Gasteiger charge is 2.25. The molecule has 2 aromatic rings. The molecule has 4 nitrogen and oxygen atoms in total. The minimum absolute atomic E-state index is 0.0401. The van der Waals surface area contributed by atoms with Gasteiger partial charge in [-0.05, 0) is 23.3 Å². The summed E-state index contributed by atoms with van der Waals surface area (Å²) in [7, 11) is -3.56. The number of sulfone groups is 1. The first-order chi connectivity index (χ1) is 11.0. The number of rotatable bonds is 4. The maximum Gasteiger partial charge on any atom is 0.224 e. The molecule has 0 aromatic heterocycles. The number of carbonyl (C=O) groups excluding carboxylic acids is 1. The zero-order valence-corrected chi connectivity index (χ0v) is 14.0. The van der Waals surface area contributed by atoms with Gasteiger partial charge in [0.1, 0.15) is 0 Å². The van der Waals surface area contributed by atoms with Crippen LogP contribution in [0, 0.1) is 0 Å². The Labute approximate surface area is 140 Å². The molecule has 0 radical (unpaired) electrons. The van der Waals surface area contributed by atoms with Gasteiger partial charge < -0.3 is 4.90 Å². The van der Waals surface area contributed by atoms with Crippen molar-refractivity contribution in [1.29, 1.82) is 0 Å². The lowest BCUT2D eigenvalue weighted by Crippen LogP contribution is -2.27. The SMILES string of the molecule is O=C(CCS(=O)(=O)c1ccccc1Cl)N1Cc2ccccc2C1. The third kappa shape index (κ3) is 3.41. The van der Waals surface area contributed by atoms with E-state index in [1.54, 1.807) is 17.0 Å². The molecule has 0 fully saturated rings. The van der Waals surface area contributed by atoms with Gasteiger partial charge in [0, 0.05) is 19.5 Å². The summed E-state index contributed by atoms with van der Waals surface area (Å²) in [5, 5.41) is 0.188. The summed E-state index contributed by atoms with van der Waals surface area (Å²) in [6, 6.07) is 14.2. The monoisotopic (exact) mass is 349 g/mol. The molecule has 0 unspecified atom stereocenters. The van der Waals surface area contributed by atoms with Crippen LogP contribution in [0.25, 0.3) is 0 Å². The van der Waals surface area contributed by atoms with E-state index < -0.39 is 9.84 Å². The Kier molecular flexibility index (Phi) is 4.41. The fourth-order valence-corrected chi connectivity index (χ4v) is 4.50. The molecule has 1 aliphatic rings. The normalized spacial score (nSPS) is 13.9. The highest BCUT2D eigenvalue weighted by atomic mass is 35.5. The number of hydrogen-bond donors (Lipinski definition) is 0. The van der Waals surface area contributed by atoms with E-state index in [9.17, 15) is 13.2 Å². The van der Waals surface area contributed by atoms with Crippen molar-refractivity contribution in [3.8, 4) is 0 Å². The largest absolute Gasteiger partial charge is 0.334 e. The average Bonchev–Trinajstić information content (AvgIpc) is 2.97. The summed E-state index contributed by atoms with van der Waals surface area (Å²) in [6.07, 6.45) is -0.0401. The summed E-state index contributed by atoms with van der Waals surface area (Å²) in [5.74, 6) is -0.389. The van der Waals surface area contributed by atoms with Crippen molar-refractivity contribution in [1.82, 2.24) is 4.90 Å². The van der Waals surface area contributed by atoms with Gasteiger partial charge in [0.15, 0.2) is 9.84 Å². The highest BCUT2D eigenvalue weighted by Crippen LogP contribution is 2.25. The summed E-state index contributed by atoms with van der Waals surface area (Å²) >= 11 is 5.94. The smallest absolute Gasteiger partial charge is 0.224 e. The molecule has 0 spiro atoms. The van der Waals surface area contributed by atoms with Crippen LogP contribution in [0.3, 0.4) is 0 Å². The van der Waals surface area contributed by atoms with E-state index in [-0.39, 0.29) is 28.0 Å². The van der Waals surface area contributed by atoms with Gasteiger partial charge in [-0.2, -0.15) is 0 Å². The lowest BCUT2D eigenvalue weighted by molar-refractivity contribution is -0.131. The number of benzene rings is 2. The molecule has 120 valence electrons. The molecule has 0 atom stereocenters. The minimum atomic E-state index is -3.56. The maximum atomic E-state index is 12.3. The first-order valence-corrected chi connectivity index (χ1v) is 9.32. The molecule has 0 N–H and O–H groups in total. The Balaban J connectivity index is 1.65. The van der Waals surface area contributed by atoms with Crippen LogP contribution in [-0.2, 0) is 27.7 Å². The zero-order valence-electron chi connectivity index (χ0n) is 12.4. The molecule has 0 saturated heterocycles. The zero-order chi connectivity index (χ0) is 16.4. The van der Waals surface area contributed by atoms with Crippen molar-refractivity contribution in [2.24, 2.45) is 0 Å². The highest BCUT2D eigenvalue weighted by molar-refractivity contribution is 7.91. The van der Waals surface area contributed by atoms with E-state index in [1.807, 2.05) is 24.3 Å². The van der Waals surface area contributed by atoms with Crippen molar-refractivity contribution < 1.29 is 13.2 Å². The molecule has 1 aliphatic heterocycles. The van der Waals surface area contributed by atoms with Crippen molar-refractivity contribution in [3.05, 3.63) is 64.7 Å².